The molecule has 0 saturated heterocycles. The van der Waals surface area contributed by atoms with Gasteiger partial charge < -0.3 is 0 Å². The van der Waals surface area contributed by atoms with Crippen LogP contribution in [0.25, 0.3) is 5.69 Å². The van der Waals surface area contributed by atoms with Gasteiger partial charge in [-0.05, 0) is 58.6 Å². The fraction of sp³-hybridized carbons (Fsp3) is 0. The number of halogens is 1. The first-order valence-electron chi connectivity index (χ1n) is 5.72. The highest BCUT2D eigenvalue weighted by atomic mass is 79.9. The van der Waals surface area contributed by atoms with Gasteiger partial charge in [0.05, 0.1) is 5.69 Å². The van der Waals surface area contributed by atoms with Gasteiger partial charge in [-0.3, -0.25) is 0 Å². The Kier molecular flexibility index (Phi) is 3.89. The van der Waals surface area contributed by atoms with Crippen molar-refractivity contribution in [3.8, 4) is 11.8 Å². The van der Waals surface area contributed by atoms with Crippen molar-refractivity contribution in [2.24, 2.45) is 0 Å². The summed E-state index contributed by atoms with van der Waals surface area (Å²) in [5.41, 5.74) is 1.11. The summed E-state index contributed by atoms with van der Waals surface area (Å²) in [7, 11) is 0. The van der Waals surface area contributed by atoms with Crippen LogP contribution in [0.3, 0.4) is 0 Å². The average molecular weight is 360 g/mol. The molecule has 0 aliphatic heterocycles. The van der Waals surface area contributed by atoms with Gasteiger partial charge in [0.25, 0.3) is 0 Å². The monoisotopic (exact) mass is 359 g/mol. The van der Waals surface area contributed by atoms with E-state index in [0.29, 0.717) is 10.2 Å². The second-order valence-corrected chi connectivity index (χ2v) is 5.72. The highest BCUT2D eigenvalue weighted by Gasteiger charge is 2.11. The Bertz CT molecular complexity index is 792. The number of rotatable bonds is 3. The summed E-state index contributed by atoms with van der Waals surface area (Å²) in [5, 5.41) is 29.2. The minimum absolute atomic E-state index is 0.270. The summed E-state index contributed by atoms with van der Waals surface area (Å²) >= 11 is 4.66. The van der Waals surface area contributed by atoms with Crippen LogP contribution in [0.5, 0.6) is 0 Å². The van der Waals surface area contributed by atoms with Crippen LogP contribution in [0.2, 0.25) is 0 Å². The van der Waals surface area contributed by atoms with Crippen LogP contribution in [0, 0.1) is 11.3 Å². The quantitative estimate of drug-likeness (QED) is 0.707. The number of tetrazole rings is 1. The molecule has 9 heteroatoms. The van der Waals surface area contributed by atoms with E-state index in [0.717, 1.165) is 10.2 Å². The minimum atomic E-state index is 0.270. The summed E-state index contributed by atoms with van der Waals surface area (Å²) in [6.45, 7) is 0. The fourth-order valence-corrected chi connectivity index (χ4v) is 2.49. The van der Waals surface area contributed by atoms with Gasteiger partial charge in [-0.25, -0.2) is 0 Å². The van der Waals surface area contributed by atoms with Crippen molar-refractivity contribution in [1.82, 2.24) is 30.4 Å². The highest BCUT2D eigenvalue weighted by molar-refractivity contribution is 9.10. The largest absolute Gasteiger partial charge is 0.220 e. The summed E-state index contributed by atoms with van der Waals surface area (Å²) < 4.78 is 2.59. The Morgan fingerprint density at radius 3 is 2.52 bits per heavy atom. The van der Waals surface area contributed by atoms with Crippen LogP contribution >= 0.6 is 27.7 Å². The van der Waals surface area contributed by atoms with Crippen LogP contribution < -0.4 is 0 Å². The SMILES string of the molecule is N#Cc1ccc(Sc2nnnn2-c2ccc(Br)cc2)nn1. The van der Waals surface area contributed by atoms with Gasteiger partial charge >= 0.3 is 0 Å². The van der Waals surface area contributed by atoms with Crippen LogP contribution in [0.4, 0.5) is 0 Å². The van der Waals surface area contributed by atoms with Gasteiger partial charge in [0, 0.05) is 4.47 Å². The Labute approximate surface area is 132 Å². The molecular weight excluding hydrogens is 354 g/mol. The molecule has 0 radical (unpaired) electrons. The van der Waals surface area contributed by atoms with Gasteiger partial charge in [0.1, 0.15) is 11.1 Å². The van der Waals surface area contributed by atoms with E-state index in [9.17, 15) is 0 Å². The van der Waals surface area contributed by atoms with Crippen molar-refractivity contribution in [2.45, 2.75) is 10.2 Å². The molecule has 0 atom stereocenters. The Balaban J connectivity index is 1.88. The maximum Gasteiger partial charge on any atom is 0.220 e. The van der Waals surface area contributed by atoms with Crippen molar-refractivity contribution >= 4 is 27.7 Å². The first-order chi connectivity index (χ1) is 10.3. The van der Waals surface area contributed by atoms with E-state index in [-0.39, 0.29) is 5.69 Å². The van der Waals surface area contributed by atoms with E-state index in [1.807, 2.05) is 30.3 Å². The van der Waals surface area contributed by atoms with E-state index in [1.54, 1.807) is 16.8 Å². The van der Waals surface area contributed by atoms with Gasteiger partial charge in [-0.15, -0.1) is 15.3 Å². The number of aromatic nitrogens is 6. The molecule has 0 aliphatic carbocycles. The third-order valence-corrected chi connectivity index (χ3v) is 3.86. The Hall–Kier alpha value is -2.31. The molecule has 0 unspecified atom stereocenters. The molecular formula is C12H6BrN7S. The lowest BCUT2D eigenvalue weighted by Crippen LogP contribution is -1.99. The molecule has 3 aromatic rings. The maximum atomic E-state index is 8.70. The molecule has 7 nitrogen and oxygen atoms in total. The molecule has 102 valence electrons. The van der Waals surface area contributed by atoms with Crippen LogP contribution in [0.1, 0.15) is 5.69 Å². The smallest absolute Gasteiger partial charge is 0.191 e. The van der Waals surface area contributed by atoms with Crippen molar-refractivity contribution in [3.05, 3.63) is 46.6 Å². The van der Waals surface area contributed by atoms with Gasteiger partial charge in [-0.2, -0.15) is 9.94 Å². The van der Waals surface area contributed by atoms with Crippen LogP contribution in [-0.2, 0) is 0 Å². The van der Waals surface area contributed by atoms with Gasteiger partial charge in [0.2, 0.25) is 5.16 Å². The second kappa shape index (κ2) is 5.99. The average Bonchev–Trinajstić information content (AvgIpc) is 2.97. The second-order valence-electron chi connectivity index (χ2n) is 3.82. The number of hydrogen-bond acceptors (Lipinski definition) is 7. The standard InChI is InChI=1S/C12H6BrN7S/c13-8-1-4-10(5-2-8)20-12(17-18-19-20)21-11-6-3-9(7-14)15-16-11/h1-6H. The lowest BCUT2D eigenvalue weighted by Gasteiger charge is -2.03. The highest BCUT2D eigenvalue weighted by Crippen LogP contribution is 2.25. The Morgan fingerprint density at radius 1 is 1.05 bits per heavy atom. The van der Waals surface area contributed by atoms with Crippen LogP contribution in [-0.4, -0.2) is 30.4 Å². The third-order valence-electron chi connectivity index (χ3n) is 2.46. The molecule has 21 heavy (non-hydrogen) atoms. The molecule has 3 rings (SSSR count). The number of nitriles is 1. The number of benzene rings is 1. The molecule has 0 amide bonds. The van der Waals surface area contributed by atoms with Gasteiger partial charge in [0.15, 0.2) is 5.69 Å². The molecule has 0 saturated carbocycles. The fourth-order valence-electron chi connectivity index (χ4n) is 1.51. The summed E-state index contributed by atoms with van der Waals surface area (Å²) in [6, 6.07) is 12.8. The first kappa shape index (κ1) is 13.7. The normalized spacial score (nSPS) is 10.3. The van der Waals surface area contributed by atoms with E-state index in [2.05, 4.69) is 41.7 Å². The Morgan fingerprint density at radius 2 is 1.86 bits per heavy atom. The van der Waals surface area contributed by atoms with Gasteiger partial charge in [-0.1, -0.05) is 15.9 Å². The zero-order chi connectivity index (χ0) is 14.7. The molecule has 0 aliphatic rings. The number of hydrogen-bond donors (Lipinski definition) is 0. The maximum absolute atomic E-state index is 8.70. The molecule has 2 heterocycles. The van der Waals surface area contributed by atoms with Crippen molar-refractivity contribution in [3.63, 3.8) is 0 Å². The molecule has 0 fully saturated rings. The lowest BCUT2D eigenvalue weighted by molar-refractivity contribution is 0.755. The third kappa shape index (κ3) is 3.07. The topological polar surface area (TPSA) is 93.2 Å². The lowest BCUT2D eigenvalue weighted by atomic mass is 10.3. The molecule has 0 bridgehead atoms. The van der Waals surface area contributed by atoms with Crippen molar-refractivity contribution < 1.29 is 0 Å². The summed E-state index contributed by atoms with van der Waals surface area (Å²) in [6.07, 6.45) is 0. The molecule has 2 aromatic heterocycles. The van der Waals surface area contributed by atoms with E-state index in [4.69, 9.17) is 5.26 Å². The predicted octanol–water partition coefficient (Wildman–Crippen LogP) is 2.24. The predicted molar refractivity (Wildman–Crippen MR) is 77.7 cm³/mol. The van der Waals surface area contributed by atoms with Crippen molar-refractivity contribution in [2.75, 3.05) is 0 Å². The zero-order valence-corrected chi connectivity index (χ0v) is 12.8. The van der Waals surface area contributed by atoms with E-state index < -0.39 is 0 Å². The molecule has 0 N–H and O–H groups in total. The molecule has 1 aromatic carbocycles. The van der Waals surface area contributed by atoms with E-state index in [1.165, 1.54) is 11.8 Å². The van der Waals surface area contributed by atoms with Crippen LogP contribution in [0.15, 0.2) is 51.1 Å². The number of nitrogens with zero attached hydrogens (tertiary/aromatic N) is 7. The first-order valence-corrected chi connectivity index (χ1v) is 7.33. The molecule has 0 spiro atoms. The summed E-state index contributed by atoms with van der Waals surface area (Å²) in [4.78, 5) is 0. The summed E-state index contributed by atoms with van der Waals surface area (Å²) in [5.74, 6) is 0. The van der Waals surface area contributed by atoms with Crippen molar-refractivity contribution in [1.29, 1.82) is 5.26 Å². The zero-order valence-electron chi connectivity index (χ0n) is 10.4. The van der Waals surface area contributed by atoms with E-state index >= 15 is 0 Å². The minimum Gasteiger partial charge on any atom is -0.191 e.